The van der Waals surface area contributed by atoms with Gasteiger partial charge in [0.25, 0.3) is 0 Å². The number of carbonyl (C=O) groups is 1. The molecule has 2 heterocycles. The van der Waals surface area contributed by atoms with E-state index < -0.39 is 11.7 Å². The number of amides is 1. The fraction of sp³-hybridized carbons (Fsp3) is 0.526. The Kier molecular flexibility index (Phi) is 5.72. The topological polar surface area (TPSA) is 77.7 Å². The standard InChI is InChI=1S/C19H24ClN3O4/c1-12-21-22-17(26-12)16-10-23(18(24)27-19(2,3)4)15(11-25-16)9-13-5-7-14(20)8-6-13/h5-8,15-16H,9-11H2,1-4H3/t15-,16+/m0/s1. The fourth-order valence-corrected chi connectivity index (χ4v) is 3.02. The molecule has 0 radical (unpaired) electrons. The number of benzene rings is 1. The van der Waals surface area contributed by atoms with E-state index in [0.717, 1.165) is 5.56 Å². The molecule has 1 aromatic carbocycles. The van der Waals surface area contributed by atoms with Crippen molar-refractivity contribution in [1.29, 1.82) is 0 Å². The fourth-order valence-electron chi connectivity index (χ4n) is 2.89. The SMILES string of the molecule is Cc1nnc([C@H]2CN(C(=O)OC(C)(C)C)[C@@H](Cc3ccc(Cl)cc3)CO2)o1. The summed E-state index contributed by atoms with van der Waals surface area (Å²) in [6.07, 6.45) is -0.224. The van der Waals surface area contributed by atoms with Crippen molar-refractivity contribution in [3.8, 4) is 0 Å². The minimum atomic E-state index is -0.587. The van der Waals surface area contributed by atoms with Crippen LogP contribution in [0.1, 0.15) is 44.2 Å². The van der Waals surface area contributed by atoms with Crippen LogP contribution in [0.25, 0.3) is 0 Å². The van der Waals surface area contributed by atoms with Crippen molar-refractivity contribution in [3.63, 3.8) is 0 Å². The van der Waals surface area contributed by atoms with Crippen LogP contribution in [-0.2, 0) is 15.9 Å². The average Bonchev–Trinajstić information content (AvgIpc) is 3.02. The van der Waals surface area contributed by atoms with Gasteiger partial charge in [-0.05, 0) is 44.9 Å². The van der Waals surface area contributed by atoms with Crippen LogP contribution >= 0.6 is 11.6 Å². The molecule has 1 saturated heterocycles. The first-order valence-electron chi connectivity index (χ1n) is 8.87. The zero-order valence-electron chi connectivity index (χ0n) is 15.9. The van der Waals surface area contributed by atoms with Gasteiger partial charge in [0.1, 0.15) is 5.60 Å². The third-order valence-electron chi connectivity index (χ3n) is 4.12. The first-order valence-corrected chi connectivity index (χ1v) is 9.25. The van der Waals surface area contributed by atoms with E-state index in [2.05, 4.69) is 10.2 Å². The van der Waals surface area contributed by atoms with Gasteiger partial charge >= 0.3 is 6.09 Å². The molecule has 0 spiro atoms. The molecular formula is C19H24ClN3O4. The van der Waals surface area contributed by atoms with Crippen LogP contribution in [0.15, 0.2) is 28.7 Å². The van der Waals surface area contributed by atoms with E-state index in [0.29, 0.717) is 29.8 Å². The van der Waals surface area contributed by atoms with E-state index in [1.165, 1.54) is 0 Å². The molecule has 0 aliphatic carbocycles. The zero-order chi connectivity index (χ0) is 19.6. The molecule has 146 valence electrons. The Morgan fingerprint density at radius 3 is 2.59 bits per heavy atom. The molecule has 1 aliphatic heterocycles. The quantitative estimate of drug-likeness (QED) is 0.785. The number of hydrogen-bond acceptors (Lipinski definition) is 6. The molecule has 0 bridgehead atoms. The molecule has 2 atom stereocenters. The third-order valence-corrected chi connectivity index (χ3v) is 4.37. The van der Waals surface area contributed by atoms with E-state index in [4.69, 9.17) is 25.5 Å². The molecule has 8 heteroatoms. The van der Waals surface area contributed by atoms with E-state index in [-0.39, 0.29) is 18.7 Å². The Hall–Kier alpha value is -2.12. The number of nitrogens with zero attached hydrogens (tertiary/aromatic N) is 3. The summed E-state index contributed by atoms with van der Waals surface area (Å²) in [6.45, 7) is 7.88. The number of halogens is 1. The number of ether oxygens (including phenoxy) is 2. The van der Waals surface area contributed by atoms with Gasteiger partial charge in [0.15, 0.2) is 6.10 Å². The molecule has 7 nitrogen and oxygen atoms in total. The Bertz CT molecular complexity index is 785. The van der Waals surface area contributed by atoms with Crippen molar-refractivity contribution in [3.05, 3.63) is 46.6 Å². The smallest absolute Gasteiger partial charge is 0.410 e. The summed E-state index contributed by atoms with van der Waals surface area (Å²) in [5.41, 5.74) is 0.477. The van der Waals surface area contributed by atoms with Crippen LogP contribution in [-0.4, -0.2) is 46.0 Å². The van der Waals surface area contributed by atoms with E-state index in [9.17, 15) is 4.79 Å². The van der Waals surface area contributed by atoms with Crippen LogP contribution in [0.2, 0.25) is 5.02 Å². The summed E-state index contributed by atoms with van der Waals surface area (Å²) in [7, 11) is 0. The van der Waals surface area contributed by atoms with Gasteiger partial charge in [-0.15, -0.1) is 10.2 Å². The number of aromatic nitrogens is 2. The zero-order valence-corrected chi connectivity index (χ0v) is 16.7. The highest BCUT2D eigenvalue weighted by Crippen LogP contribution is 2.27. The minimum Gasteiger partial charge on any atom is -0.444 e. The lowest BCUT2D eigenvalue weighted by Crippen LogP contribution is -2.52. The van der Waals surface area contributed by atoms with Gasteiger partial charge in [0.2, 0.25) is 11.8 Å². The average molecular weight is 394 g/mol. The molecule has 0 saturated carbocycles. The lowest BCUT2D eigenvalue weighted by atomic mass is 10.0. The van der Waals surface area contributed by atoms with E-state index in [1.807, 2.05) is 45.0 Å². The second kappa shape index (κ2) is 7.86. The molecule has 1 aromatic heterocycles. The summed E-state index contributed by atoms with van der Waals surface area (Å²) in [4.78, 5) is 14.5. The van der Waals surface area contributed by atoms with Crippen molar-refractivity contribution in [1.82, 2.24) is 15.1 Å². The van der Waals surface area contributed by atoms with Gasteiger partial charge in [0.05, 0.1) is 19.2 Å². The monoisotopic (exact) mass is 393 g/mol. The van der Waals surface area contributed by atoms with Crippen molar-refractivity contribution in [2.45, 2.75) is 51.9 Å². The van der Waals surface area contributed by atoms with Crippen LogP contribution in [0.5, 0.6) is 0 Å². The summed E-state index contributed by atoms with van der Waals surface area (Å²) in [5.74, 6) is 0.826. The van der Waals surface area contributed by atoms with Gasteiger partial charge in [-0.25, -0.2) is 4.79 Å². The minimum absolute atomic E-state index is 0.165. The highest BCUT2D eigenvalue weighted by atomic mass is 35.5. The van der Waals surface area contributed by atoms with Crippen molar-refractivity contribution in [2.75, 3.05) is 13.2 Å². The lowest BCUT2D eigenvalue weighted by Gasteiger charge is -2.39. The molecule has 1 amide bonds. The maximum atomic E-state index is 12.8. The number of carbonyl (C=O) groups excluding carboxylic acids is 1. The van der Waals surface area contributed by atoms with Gasteiger partial charge in [-0.3, -0.25) is 4.90 Å². The van der Waals surface area contributed by atoms with E-state index >= 15 is 0 Å². The maximum Gasteiger partial charge on any atom is 0.410 e. The summed E-state index contributed by atoms with van der Waals surface area (Å²) >= 11 is 5.96. The van der Waals surface area contributed by atoms with Crippen molar-refractivity contribution < 1.29 is 18.7 Å². The Morgan fingerprint density at radius 2 is 2.00 bits per heavy atom. The molecule has 2 aromatic rings. The Morgan fingerprint density at radius 1 is 1.30 bits per heavy atom. The summed E-state index contributed by atoms with van der Waals surface area (Å²) in [5, 5.41) is 8.54. The molecule has 0 N–H and O–H groups in total. The van der Waals surface area contributed by atoms with Crippen LogP contribution < -0.4 is 0 Å². The normalized spacial score (nSPS) is 20.6. The van der Waals surface area contributed by atoms with Crippen LogP contribution in [0.4, 0.5) is 4.79 Å². The highest BCUT2D eigenvalue weighted by Gasteiger charge is 2.37. The van der Waals surface area contributed by atoms with Gasteiger partial charge in [-0.2, -0.15) is 0 Å². The number of hydrogen-bond donors (Lipinski definition) is 0. The first kappa shape index (κ1) is 19.6. The predicted molar refractivity (Wildman–Crippen MR) is 99.6 cm³/mol. The van der Waals surface area contributed by atoms with Gasteiger partial charge < -0.3 is 13.9 Å². The lowest BCUT2D eigenvalue weighted by molar-refractivity contribution is -0.0792. The largest absolute Gasteiger partial charge is 0.444 e. The maximum absolute atomic E-state index is 12.8. The second-order valence-corrected chi connectivity index (χ2v) is 8.03. The molecule has 1 fully saturated rings. The molecule has 0 unspecified atom stereocenters. The molecular weight excluding hydrogens is 370 g/mol. The van der Waals surface area contributed by atoms with Gasteiger partial charge in [-0.1, -0.05) is 23.7 Å². The number of rotatable bonds is 3. The van der Waals surface area contributed by atoms with Crippen molar-refractivity contribution in [2.24, 2.45) is 0 Å². The van der Waals surface area contributed by atoms with Crippen LogP contribution in [0, 0.1) is 6.92 Å². The highest BCUT2D eigenvalue weighted by molar-refractivity contribution is 6.30. The molecule has 1 aliphatic rings. The summed E-state index contributed by atoms with van der Waals surface area (Å²) < 4.78 is 17.0. The first-order chi connectivity index (χ1) is 12.7. The number of aryl methyl sites for hydroxylation is 1. The second-order valence-electron chi connectivity index (χ2n) is 7.60. The molecule has 27 heavy (non-hydrogen) atoms. The Balaban J connectivity index is 1.78. The van der Waals surface area contributed by atoms with Crippen molar-refractivity contribution >= 4 is 17.7 Å². The summed E-state index contributed by atoms with van der Waals surface area (Å²) in [6, 6.07) is 7.40. The van der Waals surface area contributed by atoms with Gasteiger partial charge in [0, 0.05) is 11.9 Å². The molecule has 3 rings (SSSR count). The van der Waals surface area contributed by atoms with E-state index in [1.54, 1.807) is 11.8 Å². The Labute approximate surface area is 163 Å². The third kappa shape index (κ3) is 5.20. The predicted octanol–water partition coefficient (Wildman–Crippen LogP) is 3.95. The van der Waals surface area contributed by atoms with Crippen LogP contribution in [0.3, 0.4) is 0 Å². The number of morpholine rings is 1.